The summed E-state index contributed by atoms with van der Waals surface area (Å²) in [6.07, 6.45) is 10.1. The lowest BCUT2D eigenvalue weighted by atomic mass is 10.1. The zero-order chi connectivity index (χ0) is 11.6. The first-order valence-corrected chi connectivity index (χ1v) is 6.52. The van der Waals surface area contributed by atoms with Gasteiger partial charge in [-0.05, 0) is 38.2 Å². The second kappa shape index (κ2) is 8.15. The van der Waals surface area contributed by atoms with Crippen molar-refractivity contribution in [2.24, 2.45) is 0 Å². The molecule has 0 heterocycles. The van der Waals surface area contributed by atoms with Gasteiger partial charge in [0.25, 0.3) is 0 Å². The summed E-state index contributed by atoms with van der Waals surface area (Å²) >= 11 is 0. The van der Waals surface area contributed by atoms with E-state index in [1.807, 2.05) is 0 Å². The fourth-order valence-corrected chi connectivity index (χ4v) is 1.89. The molecule has 0 aliphatic rings. The van der Waals surface area contributed by atoms with E-state index in [-0.39, 0.29) is 0 Å². The van der Waals surface area contributed by atoms with E-state index in [1.165, 1.54) is 44.1 Å². The Morgan fingerprint density at radius 3 is 2.56 bits per heavy atom. The first-order valence-electron chi connectivity index (χ1n) is 6.52. The monoisotopic (exact) mass is 216 g/mol. The van der Waals surface area contributed by atoms with Gasteiger partial charge in [0.1, 0.15) is 0 Å². The maximum absolute atomic E-state index is 2.41. The molecule has 88 valence electrons. The molecule has 0 spiro atoms. The van der Waals surface area contributed by atoms with Crippen LogP contribution < -0.4 is 0 Å². The fraction of sp³-hybridized carbons (Fsp3) is 0.500. The zero-order valence-electron chi connectivity index (χ0n) is 10.7. The molecule has 0 saturated carbocycles. The van der Waals surface area contributed by atoms with Gasteiger partial charge in [-0.3, -0.25) is 0 Å². The summed E-state index contributed by atoms with van der Waals surface area (Å²) in [5.41, 5.74) is 3.00. The van der Waals surface area contributed by atoms with Crippen LogP contribution in [0.2, 0.25) is 0 Å². The third-order valence-electron chi connectivity index (χ3n) is 2.94. The zero-order valence-corrected chi connectivity index (χ0v) is 10.7. The average molecular weight is 216 g/mol. The quantitative estimate of drug-likeness (QED) is 0.437. The number of unbranched alkanes of at least 4 members (excludes halogenated alkanes) is 2. The lowest BCUT2D eigenvalue weighted by Crippen LogP contribution is -1.84. The number of aryl methyl sites for hydroxylation is 1. The summed E-state index contributed by atoms with van der Waals surface area (Å²) < 4.78 is 0. The summed E-state index contributed by atoms with van der Waals surface area (Å²) in [4.78, 5) is 0. The highest BCUT2D eigenvalue weighted by atomic mass is 14.0. The smallest absolute Gasteiger partial charge is 0.0244 e. The molecule has 16 heavy (non-hydrogen) atoms. The number of rotatable bonds is 7. The standard InChI is InChI=1S/C16H24/c1-3-4-6-10-15(2)11-9-14-16-12-7-5-8-13-16/h5,7-8,11-13H,3-4,6,9-10,14H2,1-2H3/b15-11+. The van der Waals surface area contributed by atoms with Gasteiger partial charge >= 0.3 is 0 Å². The SMILES string of the molecule is CCCCC/C(C)=C/CCc1ccccc1. The van der Waals surface area contributed by atoms with Gasteiger partial charge < -0.3 is 0 Å². The Hall–Kier alpha value is -1.04. The van der Waals surface area contributed by atoms with Gasteiger partial charge in [-0.15, -0.1) is 0 Å². The van der Waals surface area contributed by atoms with Crippen LogP contribution in [0.3, 0.4) is 0 Å². The normalized spacial score (nSPS) is 11.8. The lowest BCUT2D eigenvalue weighted by molar-refractivity contribution is 0.711. The van der Waals surface area contributed by atoms with E-state index in [4.69, 9.17) is 0 Å². The molecule has 0 atom stereocenters. The fourth-order valence-electron chi connectivity index (χ4n) is 1.89. The molecule has 0 radical (unpaired) electrons. The Morgan fingerprint density at radius 2 is 1.88 bits per heavy atom. The molecule has 0 aliphatic heterocycles. The minimum Gasteiger partial charge on any atom is -0.0853 e. The predicted octanol–water partition coefficient (Wildman–Crippen LogP) is 5.15. The first-order chi connectivity index (χ1) is 7.83. The number of hydrogen-bond acceptors (Lipinski definition) is 0. The van der Waals surface area contributed by atoms with Crippen LogP contribution in [0.5, 0.6) is 0 Å². The van der Waals surface area contributed by atoms with Gasteiger partial charge in [0.2, 0.25) is 0 Å². The van der Waals surface area contributed by atoms with Gasteiger partial charge in [0.05, 0.1) is 0 Å². The largest absolute Gasteiger partial charge is 0.0853 e. The second-order valence-electron chi connectivity index (χ2n) is 4.53. The summed E-state index contributed by atoms with van der Waals surface area (Å²) in [5.74, 6) is 0. The van der Waals surface area contributed by atoms with E-state index in [0.29, 0.717) is 0 Å². The molecule has 0 fully saturated rings. The highest BCUT2D eigenvalue weighted by Gasteiger charge is 1.92. The Bertz CT molecular complexity index is 295. The third kappa shape index (κ3) is 5.75. The van der Waals surface area contributed by atoms with E-state index in [0.717, 1.165) is 0 Å². The third-order valence-corrected chi connectivity index (χ3v) is 2.94. The molecule has 0 heteroatoms. The topological polar surface area (TPSA) is 0 Å². The van der Waals surface area contributed by atoms with E-state index >= 15 is 0 Å². The molecule has 1 aromatic carbocycles. The van der Waals surface area contributed by atoms with Crippen LogP contribution in [-0.2, 0) is 6.42 Å². The lowest BCUT2D eigenvalue weighted by Gasteiger charge is -2.01. The molecule has 0 bridgehead atoms. The number of benzene rings is 1. The van der Waals surface area contributed by atoms with Crippen LogP contribution in [-0.4, -0.2) is 0 Å². The molecule has 1 aromatic rings. The molecular formula is C16H24. The maximum atomic E-state index is 2.41. The second-order valence-corrected chi connectivity index (χ2v) is 4.53. The Balaban J connectivity index is 2.20. The first kappa shape index (κ1) is 13.0. The van der Waals surface area contributed by atoms with Crippen molar-refractivity contribution in [3.63, 3.8) is 0 Å². The molecular weight excluding hydrogens is 192 g/mol. The highest BCUT2D eigenvalue weighted by molar-refractivity contribution is 5.15. The van der Waals surface area contributed by atoms with Gasteiger partial charge in [-0.1, -0.05) is 61.7 Å². The molecule has 1 rings (SSSR count). The van der Waals surface area contributed by atoms with E-state index in [9.17, 15) is 0 Å². The Kier molecular flexibility index (Phi) is 6.64. The van der Waals surface area contributed by atoms with Crippen LogP contribution in [0.15, 0.2) is 42.0 Å². The molecule has 0 N–H and O–H groups in total. The molecule has 0 nitrogen and oxygen atoms in total. The average Bonchev–Trinajstić information content (AvgIpc) is 2.31. The summed E-state index contributed by atoms with van der Waals surface area (Å²) in [7, 11) is 0. The van der Waals surface area contributed by atoms with Gasteiger partial charge in [0.15, 0.2) is 0 Å². The van der Waals surface area contributed by atoms with Crippen LogP contribution in [0, 0.1) is 0 Å². The predicted molar refractivity (Wildman–Crippen MR) is 72.7 cm³/mol. The highest BCUT2D eigenvalue weighted by Crippen LogP contribution is 2.10. The molecule has 0 saturated heterocycles. The van der Waals surface area contributed by atoms with Crippen molar-refractivity contribution >= 4 is 0 Å². The van der Waals surface area contributed by atoms with Crippen LogP contribution >= 0.6 is 0 Å². The van der Waals surface area contributed by atoms with Crippen molar-refractivity contribution in [2.75, 3.05) is 0 Å². The Morgan fingerprint density at radius 1 is 1.12 bits per heavy atom. The van der Waals surface area contributed by atoms with Crippen molar-refractivity contribution in [3.8, 4) is 0 Å². The van der Waals surface area contributed by atoms with E-state index in [2.05, 4.69) is 50.3 Å². The van der Waals surface area contributed by atoms with E-state index in [1.54, 1.807) is 5.57 Å². The van der Waals surface area contributed by atoms with Crippen LogP contribution in [0.1, 0.15) is 51.5 Å². The summed E-state index contributed by atoms with van der Waals surface area (Å²) in [6, 6.07) is 10.7. The van der Waals surface area contributed by atoms with Crippen molar-refractivity contribution in [2.45, 2.75) is 52.4 Å². The summed E-state index contributed by atoms with van der Waals surface area (Å²) in [6.45, 7) is 4.52. The molecule has 0 unspecified atom stereocenters. The minimum atomic E-state index is 1.17. The minimum absolute atomic E-state index is 1.17. The van der Waals surface area contributed by atoms with Crippen molar-refractivity contribution < 1.29 is 0 Å². The van der Waals surface area contributed by atoms with Gasteiger partial charge in [-0.25, -0.2) is 0 Å². The van der Waals surface area contributed by atoms with Crippen LogP contribution in [0.25, 0.3) is 0 Å². The number of allylic oxidation sites excluding steroid dienone is 2. The molecule has 0 aromatic heterocycles. The number of hydrogen-bond donors (Lipinski definition) is 0. The van der Waals surface area contributed by atoms with Gasteiger partial charge in [-0.2, -0.15) is 0 Å². The Labute approximate surface area is 100 Å². The molecule has 0 aliphatic carbocycles. The van der Waals surface area contributed by atoms with Crippen molar-refractivity contribution in [3.05, 3.63) is 47.5 Å². The maximum Gasteiger partial charge on any atom is -0.0244 e. The summed E-state index contributed by atoms with van der Waals surface area (Å²) in [5, 5.41) is 0. The van der Waals surface area contributed by atoms with Crippen molar-refractivity contribution in [1.29, 1.82) is 0 Å². The molecule has 0 amide bonds. The van der Waals surface area contributed by atoms with Gasteiger partial charge in [0, 0.05) is 0 Å². The van der Waals surface area contributed by atoms with E-state index < -0.39 is 0 Å². The van der Waals surface area contributed by atoms with Crippen molar-refractivity contribution in [1.82, 2.24) is 0 Å². The van der Waals surface area contributed by atoms with Crippen LogP contribution in [0.4, 0.5) is 0 Å².